The molecule has 1 unspecified atom stereocenters. The zero-order valence-electron chi connectivity index (χ0n) is 14.9. The number of benzene rings is 1. The van der Waals surface area contributed by atoms with Crippen molar-refractivity contribution in [1.29, 1.82) is 0 Å². The summed E-state index contributed by atoms with van der Waals surface area (Å²) in [6.07, 6.45) is 4.95. The number of hydrogen-bond acceptors (Lipinski definition) is 3. The Morgan fingerprint density at radius 3 is 2.76 bits per heavy atom. The normalized spacial score (nSPS) is 24.5. The molecule has 1 atom stereocenters. The standard InChI is InChI=1S/C19H28FNO3S/c1-2-12-25(22,23)21-9-7-19(8-10-21)15-17(6-11-24-19)13-16-4-3-5-18(20)14-16/h3-5,14,17H,2,6-13,15H2,1H3. The van der Waals surface area contributed by atoms with Gasteiger partial charge in [0.15, 0.2) is 0 Å². The number of hydrogen-bond donors (Lipinski definition) is 0. The average molecular weight is 370 g/mol. The molecule has 1 aromatic rings. The molecule has 0 saturated carbocycles. The number of nitrogens with zero attached hydrogens (tertiary/aromatic N) is 1. The Hall–Kier alpha value is -0.980. The summed E-state index contributed by atoms with van der Waals surface area (Å²) < 4.78 is 45.6. The lowest BCUT2D eigenvalue weighted by Gasteiger charge is -2.46. The molecule has 2 saturated heterocycles. The summed E-state index contributed by atoms with van der Waals surface area (Å²) in [6.45, 7) is 3.70. The third-order valence-corrected chi connectivity index (χ3v) is 7.57. The molecule has 0 radical (unpaired) electrons. The van der Waals surface area contributed by atoms with Crippen molar-refractivity contribution in [3.8, 4) is 0 Å². The van der Waals surface area contributed by atoms with Crippen LogP contribution in [0.2, 0.25) is 0 Å². The third-order valence-electron chi connectivity index (χ3n) is 5.50. The van der Waals surface area contributed by atoms with E-state index in [9.17, 15) is 12.8 Å². The summed E-state index contributed by atoms with van der Waals surface area (Å²) in [5.74, 6) is 0.506. The van der Waals surface area contributed by atoms with Gasteiger partial charge in [-0.1, -0.05) is 19.1 Å². The molecule has 0 aliphatic carbocycles. The number of piperidine rings is 1. The molecule has 1 spiro atoms. The molecule has 140 valence electrons. The second kappa shape index (κ2) is 7.72. The predicted molar refractivity (Wildman–Crippen MR) is 96.4 cm³/mol. The molecule has 2 aliphatic heterocycles. The largest absolute Gasteiger partial charge is 0.375 e. The van der Waals surface area contributed by atoms with Gasteiger partial charge in [0.05, 0.1) is 11.4 Å². The van der Waals surface area contributed by atoms with Gasteiger partial charge in [-0.2, -0.15) is 0 Å². The third kappa shape index (κ3) is 4.60. The van der Waals surface area contributed by atoms with Crippen LogP contribution in [0.5, 0.6) is 0 Å². The number of sulfonamides is 1. The molecule has 0 N–H and O–H groups in total. The van der Waals surface area contributed by atoms with E-state index in [1.807, 2.05) is 13.0 Å². The molecule has 25 heavy (non-hydrogen) atoms. The number of halogens is 1. The summed E-state index contributed by atoms with van der Waals surface area (Å²) in [4.78, 5) is 0. The topological polar surface area (TPSA) is 46.6 Å². The highest BCUT2D eigenvalue weighted by molar-refractivity contribution is 7.89. The van der Waals surface area contributed by atoms with Crippen LogP contribution in [0.1, 0.15) is 44.6 Å². The van der Waals surface area contributed by atoms with Crippen LogP contribution in [0.25, 0.3) is 0 Å². The van der Waals surface area contributed by atoms with Crippen molar-refractivity contribution in [1.82, 2.24) is 4.31 Å². The van der Waals surface area contributed by atoms with E-state index in [1.165, 1.54) is 6.07 Å². The lowest BCUT2D eigenvalue weighted by Crippen LogP contribution is -2.51. The van der Waals surface area contributed by atoms with Crippen LogP contribution in [0.3, 0.4) is 0 Å². The molecular weight excluding hydrogens is 341 g/mol. The Kier molecular flexibility index (Phi) is 5.81. The van der Waals surface area contributed by atoms with E-state index in [4.69, 9.17) is 4.74 Å². The quantitative estimate of drug-likeness (QED) is 0.799. The zero-order chi connectivity index (χ0) is 17.9. The molecule has 6 heteroatoms. The van der Waals surface area contributed by atoms with Crippen LogP contribution >= 0.6 is 0 Å². The fraction of sp³-hybridized carbons (Fsp3) is 0.684. The fourth-order valence-electron chi connectivity index (χ4n) is 4.21. The van der Waals surface area contributed by atoms with Crippen LogP contribution in [0.4, 0.5) is 4.39 Å². The highest BCUT2D eigenvalue weighted by atomic mass is 32.2. The van der Waals surface area contributed by atoms with Crippen molar-refractivity contribution in [2.24, 2.45) is 5.92 Å². The first-order chi connectivity index (χ1) is 11.9. The van der Waals surface area contributed by atoms with Crippen molar-refractivity contribution in [2.45, 2.75) is 51.0 Å². The lowest BCUT2D eigenvalue weighted by molar-refractivity contribution is -0.120. The Morgan fingerprint density at radius 1 is 1.32 bits per heavy atom. The monoisotopic (exact) mass is 369 g/mol. The van der Waals surface area contributed by atoms with Gasteiger partial charge in [-0.05, 0) is 62.1 Å². The van der Waals surface area contributed by atoms with Crippen molar-refractivity contribution in [3.05, 3.63) is 35.6 Å². The Labute approximate surface area is 150 Å². The summed E-state index contributed by atoms with van der Waals surface area (Å²) >= 11 is 0. The van der Waals surface area contributed by atoms with E-state index < -0.39 is 10.0 Å². The van der Waals surface area contributed by atoms with Gasteiger partial charge in [0.2, 0.25) is 10.0 Å². The first kappa shape index (κ1) is 18.8. The summed E-state index contributed by atoms with van der Waals surface area (Å²) in [5.41, 5.74) is 0.832. The highest BCUT2D eigenvalue weighted by Crippen LogP contribution is 2.39. The van der Waals surface area contributed by atoms with Gasteiger partial charge in [-0.3, -0.25) is 0 Å². The fourth-order valence-corrected chi connectivity index (χ4v) is 5.72. The summed E-state index contributed by atoms with van der Waals surface area (Å²) in [7, 11) is -3.12. The van der Waals surface area contributed by atoms with Gasteiger partial charge >= 0.3 is 0 Å². The molecule has 2 aliphatic rings. The maximum Gasteiger partial charge on any atom is 0.214 e. The molecule has 0 amide bonds. The van der Waals surface area contributed by atoms with Gasteiger partial charge < -0.3 is 4.74 Å². The number of ether oxygens (including phenoxy) is 1. The van der Waals surface area contributed by atoms with E-state index in [0.29, 0.717) is 32.0 Å². The molecule has 4 nitrogen and oxygen atoms in total. The van der Waals surface area contributed by atoms with Crippen LogP contribution in [0, 0.1) is 11.7 Å². The Bertz CT molecular complexity index is 684. The minimum Gasteiger partial charge on any atom is -0.375 e. The minimum atomic E-state index is -3.12. The SMILES string of the molecule is CCCS(=O)(=O)N1CCC2(CC1)CC(Cc1cccc(F)c1)CCO2. The zero-order valence-corrected chi connectivity index (χ0v) is 15.7. The van der Waals surface area contributed by atoms with Gasteiger partial charge in [0.25, 0.3) is 0 Å². The maximum atomic E-state index is 13.4. The van der Waals surface area contributed by atoms with E-state index >= 15 is 0 Å². The smallest absolute Gasteiger partial charge is 0.214 e. The van der Waals surface area contributed by atoms with Crippen molar-refractivity contribution in [3.63, 3.8) is 0 Å². The van der Waals surface area contributed by atoms with Gasteiger partial charge in [0.1, 0.15) is 5.82 Å². The van der Waals surface area contributed by atoms with Crippen LogP contribution in [-0.2, 0) is 21.2 Å². The van der Waals surface area contributed by atoms with Gasteiger partial charge in [-0.15, -0.1) is 0 Å². The van der Waals surface area contributed by atoms with Crippen molar-refractivity contribution >= 4 is 10.0 Å². The molecule has 3 rings (SSSR count). The molecule has 2 fully saturated rings. The van der Waals surface area contributed by atoms with E-state index in [1.54, 1.807) is 16.4 Å². The summed E-state index contributed by atoms with van der Waals surface area (Å²) in [6, 6.07) is 6.82. The van der Waals surface area contributed by atoms with Crippen molar-refractivity contribution in [2.75, 3.05) is 25.4 Å². The average Bonchev–Trinajstić information content (AvgIpc) is 2.55. The summed E-state index contributed by atoms with van der Waals surface area (Å²) in [5, 5.41) is 0. The molecule has 2 heterocycles. The first-order valence-electron chi connectivity index (χ1n) is 9.29. The van der Waals surface area contributed by atoms with Crippen molar-refractivity contribution < 1.29 is 17.5 Å². The number of rotatable bonds is 5. The van der Waals surface area contributed by atoms with Crippen LogP contribution in [-0.4, -0.2) is 43.8 Å². The molecule has 0 aromatic heterocycles. The maximum absolute atomic E-state index is 13.4. The molecule has 0 bridgehead atoms. The van der Waals surface area contributed by atoms with Crippen LogP contribution < -0.4 is 0 Å². The van der Waals surface area contributed by atoms with Crippen LogP contribution in [0.15, 0.2) is 24.3 Å². The van der Waals surface area contributed by atoms with Gasteiger partial charge in [-0.25, -0.2) is 17.1 Å². The second-order valence-corrected chi connectivity index (χ2v) is 9.53. The van der Waals surface area contributed by atoms with Gasteiger partial charge in [0, 0.05) is 19.7 Å². The highest BCUT2D eigenvalue weighted by Gasteiger charge is 2.42. The Morgan fingerprint density at radius 2 is 2.08 bits per heavy atom. The molecule has 1 aromatic carbocycles. The van der Waals surface area contributed by atoms with E-state index in [-0.39, 0.29) is 17.2 Å². The second-order valence-electron chi connectivity index (χ2n) is 7.44. The van der Waals surface area contributed by atoms with E-state index in [0.717, 1.165) is 37.7 Å². The Balaban J connectivity index is 1.60. The lowest BCUT2D eigenvalue weighted by atomic mass is 9.78. The predicted octanol–water partition coefficient (Wildman–Crippen LogP) is 3.37. The minimum absolute atomic E-state index is 0.186. The van der Waals surface area contributed by atoms with E-state index in [2.05, 4.69) is 0 Å². The first-order valence-corrected chi connectivity index (χ1v) is 10.9. The molecular formula is C19H28FNO3S.